The minimum atomic E-state index is 0.610. The van der Waals surface area contributed by atoms with Crippen LogP contribution in [0.2, 0.25) is 0 Å². The third kappa shape index (κ3) is 3.27. The van der Waals surface area contributed by atoms with Crippen molar-refractivity contribution < 1.29 is 0 Å². The lowest BCUT2D eigenvalue weighted by Crippen LogP contribution is -2.33. The normalized spacial score (nSPS) is 19.0. The summed E-state index contributed by atoms with van der Waals surface area (Å²) in [6.45, 7) is 11.3. The predicted octanol–water partition coefficient (Wildman–Crippen LogP) is 4.44. The Kier molecular flexibility index (Phi) is 5.03. The summed E-state index contributed by atoms with van der Waals surface area (Å²) in [5, 5.41) is 8.88. The van der Waals surface area contributed by atoms with E-state index < -0.39 is 0 Å². The van der Waals surface area contributed by atoms with Crippen LogP contribution in [0.5, 0.6) is 0 Å². The quantitative estimate of drug-likeness (QED) is 0.887. The number of fused-ring (bicyclic) bond motifs is 1. The number of likely N-dealkylation sites (tertiary alicyclic amines) is 1. The molecule has 0 spiro atoms. The highest BCUT2D eigenvalue weighted by atomic mass is 15.3. The third-order valence-electron chi connectivity index (χ3n) is 6.32. The molecule has 0 saturated carbocycles. The van der Waals surface area contributed by atoms with Gasteiger partial charge < -0.3 is 10.2 Å². The van der Waals surface area contributed by atoms with Crippen molar-refractivity contribution in [2.45, 2.75) is 58.8 Å². The Hall–Kier alpha value is -1.81. The Morgan fingerprint density at radius 1 is 1.12 bits per heavy atom. The zero-order valence-corrected chi connectivity index (χ0v) is 16.5. The van der Waals surface area contributed by atoms with Gasteiger partial charge in [-0.1, -0.05) is 13.0 Å². The van der Waals surface area contributed by atoms with Crippen LogP contribution in [0, 0.1) is 13.8 Å². The third-order valence-corrected chi connectivity index (χ3v) is 6.32. The van der Waals surface area contributed by atoms with Gasteiger partial charge in [0.25, 0.3) is 0 Å². The number of hydrogen-bond acceptors (Lipinski definition) is 3. The Balaban J connectivity index is 1.73. The maximum atomic E-state index is 5.18. The van der Waals surface area contributed by atoms with E-state index in [9.17, 15) is 0 Å². The van der Waals surface area contributed by atoms with Gasteiger partial charge in [0, 0.05) is 18.0 Å². The molecule has 4 nitrogen and oxygen atoms in total. The van der Waals surface area contributed by atoms with Crippen LogP contribution in [0.4, 0.5) is 5.82 Å². The Bertz CT molecular complexity index is 769. The summed E-state index contributed by atoms with van der Waals surface area (Å²) in [5.74, 6) is 1.86. The van der Waals surface area contributed by atoms with E-state index in [1.807, 2.05) is 0 Å². The molecule has 1 fully saturated rings. The van der Waals surface area contributed by atoms with Gasteiger partial charge in [-0.25, -0.2) is 4.68 Å². The smallest absolute Gasteiger partial charge is 0.133 e. The van der Waals surface area contributed by atoms with Gasteiger partial charge in [-0.2, -0.15) is 5.10 Å². The Morgan fingerprint density at radius 2 is 1.92 bits per heavy atom. The van der Waals surface area contributed by atoms with E-state index in [-0.39, 0.29) is 0 Å². The molecule has 1 aromatic carbocycles. The van der Waals surface area contributed by atoms with E-state index in [1.165, 1.54) is 79.2 Å². The molecule has 26 heavy (non-hydrogen) atoms. The molecule has 2 aliphatic rings. The van der Waals surface area contributed by atoms with Crippen LogP contribution in [0.15, 0.2) is 18.2 Å². The van der Waals surface area contributed by atoms with E-state index in [4.69, 9.17) is 5.10 Å². The van der Waals surface area contributed by atoms with Crippen LogP contribution in [0.3, 0.4) is 0 Å². The van der Waals surface area contributed by atoms with Crippen molar-refractivity contribution in [3.63, 3.8) is 0 Å². The highest BCUT2D eigenvalue weighted by Crippen LogP contribution is 2.36. The van der Waals surface area contributed by atoms with Crippen LogP contribution < -0.4 is 5.32 Å². The number of aromatic nitrogens is 2. The predicted molar refractivity (Wildman–Crippen MR) is 109 cm³/mol. The standard InChI is InChI=1S/C22H32N4/c1-4-25-13-10-18(11-14-25)21-20-7-5-6-12-23-22(20)26(24-21)19-9-8-16(2)17(3)15-19/h8-9,15,18,23H,4-7,10-14H2,1-3H3. The summed E-state index contributed by atoms with van der Waals surface area (Å²) < 4.78 is 2.19. The Morgan fingerprint density at radius 3 is 2.65 bits per heavy atom. The summed E-state index contributed by atoms with van der Waals surface area (Å²) in [6, 6.07) is 6.71. The van der Waals surface area contributed by atoms with E-state index in [1.54, 1.807) is 0 Å². The van der Waals surface area contributed by atoms with Crippen LogP contribution in [-0.4, -0.2) is 40.9 Å². The lowest BCUT2D eigenvalue weighted by Gasteiger charge is -2.30. The van der Waals surface area contributed by atoms with E-state index in [0.717, 1.165) is 13.0 Å². The molecule has 0 radical (unpaired) electrons. The summed E-state index contributed by atoms with van der Waals surface area (Å²) >= 11 is 0. The highest BCUT2D eigenvalue weighted by molar-refractivity contribution is 5.56. The minimum absolute atomic E-state index is 0.610. The monoisotopic (exact) mass is 352 g/mol. The average Bonchev–Trinajstić information content (AvgIpc) is 2.85. The molecule has 0 atom stereocenters. The lowest BCUT2D eigenvalue weighted by molar-refractivity contribution is 0.220. The Labute approximate surface area is 157 Å². The number of piperidine rings is 1. The van der Waals surface area contributed by atoms with Gasteiger partial charge >= 0.3 is 0 Å². The summed E-state index contributed by atoms with van der Waals surface area (Å²) in [4.78, 5) is 2.56. The number of nitrogens with one attached hydrogen (secondary N) is 1. The van der Waals surface area contributed by atoms with Gasteiger partial charge in [0.2, 0.25) is 0 Å². The SMILES string of the molecule is CCN1CCC(c2nn(-c3ccc(C)c(C)c3)c3c2CCCCN3)CC1. The molecular formula is C22H32N4. The summed E-state index contributed by atoms with van der Waals surface area (Å²) in [6.07, 6.45) is 6.15. The van der Waals surface area contributed by atoms with Crippen molar-refractivity contribution in [1.82, 2.24) is 14.7 Å². The van der Waals surface area contributed by atoms with Crippen molar-refractivity contribution in [2.75, 3.05) is 31.5 Å². The van der Waals surface area contributed by atoms with Crippen LogP contribution in [0.1, 0.15) is 60.9 Å². The fourth-order valence-corrected chi connectivity index (χ4v) is 4.42. The molecule has 4 rings (SSSR count). The molecule has 2 aliphatic heterocycles. The molecule has 1 aromatic heterocycles. The zero-order valence-electron chi connectivity index (χ0n) is 16.5. The average molecular weight is 353 g/mol. The number of nitrogens with zero attached hydrogens (tertiary/aromatic N) is 3. The second kappa shape index (κ2) is 7.43. The van der Waals surface area contributed by atoms with E-state index >= 15 is 0 Å². The molecule has 1 saturated heterocycles. The second-order valence-corrected chi connectivity index (χ2v) is 7.99. The van der Waals surface area contributed by atoms with Crippen LogP contribution in [0.25, 0.3) is 5.69 Å². The lowest BCUT2D eigenvalue weighted by atomic mass is 9.90. The van der Waals surface area contributed by atoms with Crippen molar-refractivity contribution in [3.8, 4) is 5.69 Å². The number of rotatable bonds is 3. The molecule has 140 valence electrons. The fraction of sp³-hybridized carbons (Fsp3) is 0.591. The van der Waals surface area contributed by atoms with E-state index in [2.05, 4.69) is 53.9 Å². The summed E-state index contributed by atoms with van der Waals surface area (Å²) in [7, 11) is 0. The van der Waals surface area contributed by atoms with E-state index in [0.29, 0.717) is 5.92 Å². The topological polar surface area (TPSA) is 33.1 Å². The molecular weight excluding hydrogens is 320 g/mol. The van der Waals surface area contributed by atoms with Gasteiger partial charge in [-0.05, 0) is 88.8 Å². The zero-order chi connectivity index (χ0) is 18.1. The van der Waals surface area contributed by atoms with Crippen molar-refractivity contribution in [3.05, 3.63) is 40.6 Å². The molecule has 0 unspecified atom stereocenters. The number of hydrogen-bond donors (Lipinski definition) is 1. The van der Waals surface area contributed by atoms with Crippen LogP contribution >= 0.6 is 0 Å². The molecule has 0 amide bonds. The van der Waals surface area contributed by atoms with Gasteiger partial charge in [0.15, 0.2) is 0 Å². The first-order chi connectivity index (χ1) is 12.7. The number of anilines is 1. The first-order valence-corrected chi connectivity index (χ1v) is 10.3. The first-order valence-electron chi connectivity index (χ1n) is 10.3. The van der Waals surface area contributed by atoms with Gasteiger partial charge in [-0.15, -0.1) is 0 Å². The first kappa shape index (κ1) is 17.6. The molecule has 1 N–H and O–H groups in total. The maximum Gasteiger partial charge on any atom is 0.133 e. The molecule has 3 heterocycles. The molecule has 0 aliphatic carbocycles. The maximum absolute atomic E-state index is 5.18. The van der Waals surface area contributed by atoms with Gasteiger partial charge in [0.1, 0.15) is 5.82 Å². The molecule has 0 bridgehead atoms. The highest BCUT2D eigenvalue weighted by Gasteiger charge is 2.28. The van der Waals surface area contributed by atoms with Crippen molar-refractivity contribution >= 4 is 5.82 Å². The number of benzene rings is 1. The largest absolute Gasteiger partial charge is 0.370 e. The van der Waals surface area contributed by atoms with Crippen molar-refractivity contribution in [1.29, 1.82) is 0 Å². The second-order valence-electron chi connectivity index (χ2n) is 7.99. The molecule has 2 aromatic rings. The fourth-order valence-electron chi connectivity index (χ4n) is 4.42. The minimum Gasteiger partial charge on any atom is -0.370 e. The molecule has 4 heteroatoms. The van der Waals surface area contributed by atoms with Crippen molar-refractivity contribution in [2.24, 2.45) is 0 Å². The van der Waals surface area contributed by atoms with Gasteiger partial charge in [0.05, 0.1) is 11.4 Å². The summed E-state index contributed by atoms with van der Waals surface area (Å²) in [5.41, 5.74) is 6.71. The van der Waals surface area contributed by atoms with Crippen LogP contribution in [-0.2, 0) is 6.42 Å². The van der Waals surface area contributed by atoms with Gasteiger partial charge in [-0.3, -0.25) is 0 Å². The number of aryl methyl sites for hydroxylation is 2.